The van der Waals surface area contributed by atoms with Crippen molar-refractivity contribution in [2.45, 2.75) is 32.7 Å². The summed E-state index contributed by atoms with van der Waals surface area (Å²) in [5.74, 6) is 0.434. The van der Waals surface area contributed by atoms with E-state index in [-0.39, 0.29) is 16.5 Å². The van der Waals surface area contributed by atoms with Gasteiger partial charge in [0.25, 0.3) is 5.91 Å². The van der Waals surface area contributed by atoms with Crippen LogP contribution in [0, 0.1) is 5.82 Å². The number of carbonyl (C=O) groups is 1. The predicted octanol–water partition coefficient (Wildman–Crippen LogP) is 3.53. The molecule has 4 nitrogen and oxygen atoms in total. The lowest BCUT2D eigenvalue weighted by atomic mass is 10.1. The van der Waals surface area contributed by atoms with Gasteiger partial charge in [-0.25, -0.2) is 9.37 Å². The molecule has 0 saturated heterocycles. The smallest absolute Gasteiger partial charge is 0.257 e. The Morgan fingerprint density at radius 3 is 2.78 bits per heavy atom. The number of hydrogen-bond donors (Lipinski definition) is 0. The monoisotopic (exact) mass is 335 g/mol. The van der Waals surface area contributed by atoms with E-state index in [0.717, 1.165) is 23.6 Å². The Hall–Kier alpha value is -1.88. The fraction of sp³-hybridized carbons (Fsp3) is 0.412. The maximum Gasteiger partial charge on any atom is 0.257 e. The zero-order valence-corrected chi connectivity index (χ0v) is 14.2. The standard InChI is InChI=1S/C17H19ClFN3O/c1-10(2)16-20-14-9-22(7-6-15(14)21(16)3)17(23)12-5-4-11(18)8-13(12)19/h4-5,8,10H,6-7,9H2,1-3H3. The molecule has 1 aromatic heterocycles. The SMILES string of the molecule is CC(C)c1nc2c(n1C)CCN(C(=O)c1ccc(Cl)cc1F)C2. The van der Waals surface area contributed by atoms with Gasteiger partial charge in [0.2, 0.25) is 0 Å². The molecule has 122 valence electrons. The molecule has 0 atom stereocenters. The number of hydrogen-bond acceptors (Lipinski definition) is 2. The average molecular weight is 336 g/mol. The summed E-state index contributed by atoms with van der Waals surface area (Å²) in [7, 11) is 2.01. The Bertz CT molecular complexity index is 769. The highest BCUT2D eigenvalue weighted by Crippen LogP contribution is 2.25. The molecule has 2 aromatic rings. The Morgan fingerprint density at radius 1 is 1.39 bits per heavy atom. The number of amides is 1. The van der Waals surface area contributed by atoms with Crippen LogP contribution in [-0.4, -0.2) is 26.9 Å². The minimum Gasteiger partial charge on any atom is -0.334 e. The van der Waals surface area contributed by atoms with Crippen molar-refractivity contribution in [3.63, 3.8) is 0 Å². The van der Waals surface area contributed by atoms with Crippen molar-refractivity contribution in [2.24, 2.45) is 7.05 Å². The Kier molecular flexibility index (Phi) is 4.15. The van der Waals surface area contributed by atoms with Crippen LogP contribution in [0.1, 0.15) is 47.3 Å². The fourth-order valence-electron chi connectivity index (χ4n) is 3.07. The molecule has 3 rings (SSSR count). The molecule has 23 heavy (non-hydrogen) atoms. The van der Waals surface area contributed by atoms with Crippen LogP contribution >= 0.6 is 11.6 Å². The van der Waals surface area contributed by atoms with E-state index in [0.29, 0.717) is 19.0 Å². The lowest BCUT2D eigenvalue weighted by molar-refractivity contribution is 0.0726. The second-order valence-corrected chi connectivity index (χ2v) is 6.61. The van der Waals surface area contributed by atoms with E-state index in [1.54, 1.807) is 4.90 Å². The van der Waals surface area contributed by atoms with E-state index in [1.165, 1.54) is 18.2 Å². The third-order valence-electron chi connectivity index (χ3n) is 4.26. The summed E-state index contributed by atoms with van der Waals surface area (Å²) in [6.07, 6.45) is 0.729. The predicted molar refractivity (Wildman–Crippen MR) is 87.2 cm³/mol. The van der Waals surface area contributed by atoms with Crippen molar-refractivity contribution < 1.29 is 9.18 Å². The van der Waals surface area contributed by atoms with Crippen molar-refractivity contribution in [3.8, 4) is 0 Å². The number of nitrogens with zero attached hydrogens (tertiary/aromatic N) is 3. The zero-order chi connectivity index (χ0) is 16.7. The number of imidazole rings is 1. The highest BCUT2D eigenvalue weighted by atomic mass is 35.5. The van der Waals surface area contributed by atoms with Gasteiger partial charge in [0, 0.05) is 36.6 Å². The number of fused-ring (bicyclic) bond motifs is 1. The average Bonchev–Trinajstić information content (AvgIpc) is 2.83. The molecule has 0 spiro atoms. The summed E-state index contributed by atoms with van der Waals surface area (Å²) < 4.78 is 16.1. The molecule has 2 heterocycles. The van der Waals surface area contributed by atoms with Crippen molar-refractivity contribution >= 4 is 17.5 Å². The van der Waals surface area contributed by atoms with Crippen LogP contribution in [0.4, 0.5) is 4.39 Å². The fourth-order valence-corrected chi connectivity index (χ4v) is 3.23. The largest absolute Gasteiger partial charge is 0.334 e. The first-order chi connectivity index (χ1) is 10.9. The number of aromatic nitrogens is 2. The molecule has 0 aliphatic carbocycles. The topological polar surface area (TPSA) is 38.1 Å². The van der Waals surface area contributed by atoms with Crippen molar-refractivity contribution in [2.75, 3.05) is 6.54 Å². The van der Waals surface area contributed by atoms with E-state index in [9.17, 15) is 9.18 Å². The minimum absolute atomic E-state index is 0.0536. The molecule has 1 aromatic carbocycles. The lowest BCUT2D eigenvalue weighted by Gasteiger charge is -2.27. The second kappa shape index (κ2) is 5.96. The number of rotatable bonds is 2. The van der Waals surface area contributed by atoms with Gasteiger partial charge in [0.05, 0.1) is 17.8 Å². The van der Waals surface area contributed by atoms with Crippen molar-refractivity contribution in [1.29, 1.82) is 0 Å². The molecule has 0 bridgehead atoms. The first kappa shape index (κ1) is 16.0. The molecule has 6 heteroatoms. The van der Waals surface area contributed by atoms with Gasteiger partial charge in [-0.05, 0) is 18.2 Å². The Morgan fingerprint density at radius 2 is 2.13 bits per heavy atom. The lowest BCUT2D eigenvalue weighted by Crippen LogP contribution is -2.36. The van der Waals surface area contributed by atoms with Crippen LogP contribution in [0.15, 0.2) is 18.2 Å². The van der Waals surface area contributed by atoms with Gasteiger partial charge < -0.3 is 9.47 Å². The maximum atomic E-state index is 14.0. The summed E-state index contributed by atoms with van der Waals surface area (Å²) in [4.78, 5) is 18.9. The maximum absolute atomic E-state index is 14.0. The van der Waals surface area contributed by atoms with Gasteiger partial charge >= 0.3 is 0 Å². The summed E-state index contributed by atoms with van der Waals surface area (Å²) in [6, 6.07) is 4.14. The normalized spacial score (nSPS) is 14.3. The van der Waals surface area contributed by atoms with Gasteiger partial charge in [-0.3, -0.25) is 4.79 Å². The van der Waals surface area contributed by atoms with Gasteiger partial charge in [-0.2, -0.15) is 0 Å². The summed E-state index contributed by atoms with van der Waals surface area (Å²) >= 11 is 5.75. The van der Waals surface area contributed by atoms with Crippen molar-refractivity contribution in [3.05, 3.63) is 51.8 Å². The third-order valence-corrected chi connectivity index (χ3v) is 4.49. The van der Waals surface area contributed by atoms with Gasteiger partial charge in [-0.15, -0.1) is 0 Å². The van der Waals surface area contributed by atoms with Crippen LogP contribution in [0.2, 0.25) is 5.02 Å². The van der Waals surface area contributed by atoms with Crippen LogP contribution in [0.3, 0.4) is 0 Å². The highest BCUT2D eigenvalue weighted by Gasteiger charge is 2.28. The first-order valence-electron chi connectivity index (χ1n) is 7.67. The molecule has 1 aliphatic rings. The van der Waals surface area contributed by atoms with Crippen molar-refractivity contribution in [1.82, 2.24) is 14.5 Å². The van der Waals surface area contributed by atoms with Crippen LogP contribution in [0.5, 0.6) is 0 Å². The molecule has 0 unspecified atom stereocenters. The molecular weight excluding hydrogens is 317 g/mol. The van der Waals surface area contributed by atoms with E-state index in [2.05, 4.69) is 23.4 Å². The van der Waals surface area contributed by atoms with Crippen LogP contribution in [0.25, 0.3) is 0 Å². The van der Waals surface area contributed by atoms with Gasteiger partial charge in [-0.1, -0.05) is 25.4 Å². The highest BCUT2D eigenvalue weighted by molar-refractivity contribution is 6.30. The van der Waals surface area contributed by atoms with Crippen LogP contribution < -0.4 is 0 Å². The van der Waals surface area contributed by atoms with Gasteiger partial charge in [0.1, 0.15) is 11.6 Å². The van der Waals surface area contributed by atoms with E-state index in [1.807, 2.05) is 7.05 Å². The molecule has 1 aliphatic heterocycles. The summed E-state index contributed by atoms with van der Waals surface area (Å²) in [5.41, 5.74) is 2.12. The number of benzene rings is 1. The molecule has 0 N–H and O–H groups in total. The number of carbonyl (C=O) groups excluding carboxylic acids is 1. The number of halogens is 2. The third kappa shape index (κ3) is 2.85. The second-order valence-electron chi connectivity index (χ2n) is 6.18. The Labute approximate surface area is 139 Å². The summed E-state index contributed by atoms with van der Waals surface area (Å²) in [6.45, 7) is 5.17. The molecule has 0 radical (unpaired) electrons. The quantitative estimate of drug-likeness (QED) is 0.842. The minimum atomic E-state index is -0.586. The van der Waals surface area contributed by atoms with Crippen LogP contribution in [-0.2, 0) is 20.0 Å². The van der Waals surface area contributed by atoms with Gasteiger partial charge in [0.15, 0.2) is 0 Å². The molecular formula is C17H19ClFN3O. The van der Waals surface area contributed by atoms with E-state index in [4.69, 9.17) is 11.6 Å². The first-order valence-corrected chi connectivity index (χ1v) is 8.05. The summed E-state index contributed by atoms with van der Waals surface area (Å²) in [5, 5.41) is 0.284. The molecule has 1 amide bonds. The van der Waals surface area contributed by atoms with E-state index < -0.39 is 5.82 Å². The zero-order valence-electron chi connectivity index (χ0n) is 13.4. The Balaban J connectivity index is 1.87. The molecule has 0 fully saturated rings. The van der Waals surface area contributed by atoms with E-state index >= 15 is 0 Å². The molecule has 0 saturated carbocycles.